The number of oxime groups is 1. The predicted molar refractivity (Wildman–Crippen MR) is 129 cm³/mol. The minimum absolute atomic E-state index is 0.0242. The number of hydrogen-bond acceptors (Lipinski definition) is 10. The molecule has 3 N–H and O–H groups in total. The van der Waals surface area contributed by atoms with Crippen molar-refractivity contribution < 1.29 is 42.2 Å². The van der Waals surface area contributed by atoms with Gasteiger partial charge in [0.05, 0.1) is 37.4 Å². The summed E-state index contributed by atoms with van der Waals surface area (Å²) in [5, 5.41) is 13.1. The highest BCUT2D eigenvalue weighted by Gasteiger charge is 2.43. The number of benzene rings is 1. The van der Waals surface area contributed by atoms with Gasteiger partial charge in [-0.15, -0.1) is 0 Å². The maximum Gasteiger partial charge on any atom is 0.377 e. The van der Waals surface area contributed by atoms with Crippen LogP contribution in [0, 0.1) is 6.92 Å². The van der Waals surface area contributed by atoms with Gasteiger partial charge in [-0.05, 0) is 45.7 Å². The van der Waals surface area contributed by atoms with E-state index < -0.39 is 33.3 Å². The molecule has 1 aliphatic heterocycles. The normalized spacial score (nSPS) is 16.9. The van der Waals surface area contributed by atoms with E-state index in [1.807, 2.05) is 6.92 Å². The number of piperidine rings is 1. The van der Waals surface area contributed by atoms with Crippen LogP contribution in [-0.4, -0.2) is 80.7 Å². The fraction of sp³-hybridized carbons (Fsp3) is 0.522. The van der Waals surface area contributed by atoms with Gasteiger partial charge in [0.2, 0.25) is 15.8 Å². The van der Waals surface area contributed by atoms with E-state index in [1.54, 1.807) is 38.1 Å². The molecule has 0 atom stereocenters. The predicted octanol–water partition coefficient (Wildman–Crippen LogP) is 0.826. The Morgan fingerprint density at radius 3 is 2.31 bits per heavy atom. The number of hydrogen-bond donors (Lipinski definition) is 2. The molecule has 0 bridgehead atoms. The Balaban J connectivity index is 2.24. The monoisotopic (exact) mass is 527 g/mol. The maximum atomic E-state index is 13.1. The van der Waals surface area contributed by atoms with Gasteiger partial charge >= 0.3 is 11.9 Å². The third-order valence-corrected chi connectivity index (χ3v) is 7.29. The molecule has 1 aromatic rings. The van der Waals surface area contributed by atoms with Gasteiger partial charge in [-0.3, -0.25) is 0 Å². The molecule has 0 saturated carbocycles. The summed E-state index contributed by atoms with van der Waals surface area (Å²) in [6.07, 6.45) is 0.997. The van der Waals surface area contributed by atoms with Crippen molar-refractivity contribution in [3.8, 4) is 0 Å². The first-order valence-corrected chi connectivity index (χ1v) is 12.9. The highest BCUT2D eigenvalue weighted by molar-refractivity contribution is 7.89. The van der Waals surface area contributed by atoms with E-state index in [2.05, 4.69) is 5.16 Å². The van der Waals surface area contributed by atoms with Crippen LogP contribution in [-0.2, 0) is 38.7 Å². The molecule has 0 aliphatic carbocycles. The quantitative estimate of drug-likeness (QED) is 0.0992. The first-order valence-electron chi connectivity index (χ1n) is 11.5. The Hall–Kier alpha value is -3.00. The zero-order valence-corrected chi connectivity index (χ0v) is 21.5. The molecule has 1 saturated heterocycles. The first-order chi connectivity index (χ1) is 17.1. The highest BCUT2D eigenvalue weighted by Crippen LogP contribution is 2.30. The lowest BCUT2D eigenvalue weighted by Crippen LogP contribution is -2.55. The van der Waals surface area contributed by atoms with Gasteiger partial charge in [-0.1, -0.05) is 22.9 Å². The summed E-state index contributed by atoms with van der Waals surface area (Å²) in [7, 11) is -3.74. The molecule has 13 heteroatoms. The van der Waals surface area contributed by atoms with Crippen LogP contribution in [0.4, 0.5) is 0 Å². The van der Waals surface area contributed by atoms with E-state index >= 15 is 0 Å². The summed E-state index contributed by atoms with van der Waals surface area (Å²) >= 11 is 0. The van der Waals surface area contributed by atoms with Gasteiger partial charge in [0.25, 0.3) is 0 Å². The number of aliphatic hydroxyl groups excluding tert-OH is 1. The summed E-state index contributed by atoms with van der Waals surface area (Å²) in [5.74, 6) is -2.53. The number of sulfonamides is 1. The van der Waals surface area contributed by atoms with Gasteiger partial charge in [0.1, 0.15) is 5.60 Å². The zero-order valence-electron chi connectivity index (χ0n) is 20.6. The van der Waals surface area contributed by atoms with Crippen molar-refractivity contribution in [2.24, 2.45) is 10.9 Å². The van der Waals surface area contributed by atoms with Crippen LogP contribution in [0.15, 0.2) is 46.2 Å². The van der Waals surface area contributed by atoms with Crippen molar-refractivity contribution in [1.29, 1.82) is 0 Å². The summed E-state index contributed by atoms with van der Waals surface area (Å²) in [5.41, 5.74) is 5.84. The van der Waals surface area contributed by atoms with Crippen LogP contribution in [0.2, 0.25) is 0 Å². The number of rotatable bonds is 12. The van der Waals surface area contributed by atoms with E-state index in [1.165, 1.54) is 4.31 Å². The lowest BCUT2D eigenvalue weighted by molar-refractivity contribution is -0.144. The van der Waals surface area contributed by atoms with Crippen LogP contribution >= 0.6 is 0 Å². The van der Waals surface area contributed by atoms with Crippen LogP contribution in [0.1, 0.15) is 32.3 Å². The number of nitrogens with zero attached hydrogens (tertiary/aromatic N) is 2. The number of aryl methyl sites for hydroxylation is 1. The average molecular weight is 528 g/mol. The van der Waals surface area contributed by atoms with Crippen LogP contribution in [0.3, 0.4) is 0 Å². The SMILES string of the molecule is CCOC(=O)/C=C(/ON=C(N)C1(OCCO)CCN(S(=O)(=O)c2ccc(C)cc2)CC1)C(=O)OCC. The fourth-order valence-electron chi connectivity index (χ4n) is 3.46. The van der Waals surface area contributed by atoms with Crippen molar-refractivity contribution in [1.82, 2.24) is 4.31 Å². The number of amidine groups is 1. The average Bonchev–Trinajstić information content (AvgIpc) is 2.85. The van der Waals surface area contributed by atoms with Gasteiger partial charge in [-0.25, -0.2) is 18.0 Å². The molecule has 1 fully saturated rings. The molecule has 0 amide bonds. The Morgan fingerprint density at radius 2 is 1.75 bits per heavy atom. The number of ether oxygens (including phenoxy) is 3. The van der Waals surface area contributed by atoms with Crippen LogP contribution < -0.4 is 5.73 Å². The van der Waals surface area contributed by atoms with Crippen molar-refractivity contribution in [2.45, 2.75) is 44.1 Å². The molecular weight excluding hydrogens is 494 g/mol. The Bertz CT molecular complexity index is 1060. The molecular formula is C23H33N3O9S. The summed E-state index contributed by atoms with van der Waals surface area (Å²) in [4.78, 5) is 29.3. The van der Waals surface area contributed by atoms with Gasteiger partial charge in [-0.2, -0.15) is 4.31 Å². The largest absolute Gasteiger partial charge is 0.463 e. The minimum atomic E-state index is -3.74. The number of carbonyl (C=O) groups excluding carboxylic acids is 2. The van der Waals surface area contributed by atoms with E-state index in [0.29, 0.717) is 0 Å². The summed E-state index contributed by atoms with van der Waals surface area (Å²) in [6, 6.07) is 6.54. The Morgan fingerprint density at radius 1 is 1.14 bits per heavy atom. The molecule has 2 rings (SSSR count). The molecule has 12 nitrogen and oxygen atoms in total. The molecule has 1 aliphatic rings. The number of carbonyl (C=O) groups is 2. The molecule has 0 radical (unpaired) electrons. The number of nitrogens with two attached hydrogens (primary N) is 1. The van der Waals surface area contributed by atoms with Crippen molar-refractivity contribution in [2.75, 3.05) is 39.5 Å². The lowest BCUT2D eigenvalue weighted by atomic mass is 9.91. The number of aliphatic hydroxyl groups is 1. The maximum absolute atomic E-state index is 13.1. The lowest BCUT2D eigenvalue weighted by Gasteiger charge is -2.40. The fourth-order valence-corrected chi connectivity index (χ4v) is 4.90. The highest BCUT2D eigenvalue weighted by atomic mass is 32.2. The standard InChI is InChI=1S/C23H33N3O9S/c1-4-32-20(28)16-19(21(29)33-5-2)35-25-22(24)23(34-15-14-27)10-12-26(13-11-23)36(30,31)18-8-6-17(3)7-9-18/h6-9,16,27H,4-5,10-15H2,1-3H3,(H2,24,25)/b19-16+. The smallest absolute Gasteiger partial charge is 0.377 e. The van der Waals surface area contributed by atoms with E-state index in [0.717, 1.165) is 11.6 Å². The summed E-state index contributed by atoms with van der Waals surface area (Å²) in [6.45, 7) is 4.86. The molecule has 1 aromatic carbocycles. The topological polar surface area (TPSA) is 167 Å². The van der Waals surface area contributed by atoms with Crippen molar-refractivity contribution in [3.63, 3.8) is 0 Å². The molecule has 36 heavy (non-hydrogen) atoms. The van der Waals surface area contributed by atoms with E-state index in [9.17, 15) is 23.1 Å². The molecule has 0 aromatic heterocycles. The molecule has 0 spiro atoms. The number of esters is 2. The van der Waals surface area contributed by atoms with Gasteiger partial charge < -0.3 is 29.9 Å². The van der Waals surface area contributed by atoms with E-state index in [4.69, 9.17) is 24.8 Å². The second kappa shape index (κ2) is 13.3. The van der Waals surface area contributed by atoms with E-state index in [-0.39, 0.29) is 63.1 Å². The third-order valence-electron chi connectivity index (χ3n) is 5.38. The molecule has 0 unspecified atom stereocenters. The van der Waals surface area contributed by atoms with Gasteiger partial charge in [0, 0.05) is 13.1 Å². The molecule has 1 heterocycles. The van der Waals surface area contributed by atoms with Crippen molar-refractivity contribution in [3.05, 3.63) is 41.7 Å². The van der Waals surface area contributed by atoms with Crippen LogP contribution in [0.5, 0.6) is 0 Å². The zero-order chi connectivity index (χ0) is 26.8. The minimum Gasteiger partial charge on any atom is -0.463 e. The third kappa shape index (κ3) is 7.50. The second-order valence-corrected chi connectivity index (χ2v) is 9.77. The van der Waals surface area contributed by atoms with Crippen LogP contribution in [0.25, 0.3) is 0 Å². The Labute approximate surface area is 210 Å². The van der Waals surface area contributed by atoms with Gasteiger partial charge in [0.15, 0.2) is 5.84 Å². The second-order valence-electron chi connectivity index (χ2n) is 7.83. The molecule has 200 valence electrons. The first kappa shape index (κ1) is 29.2. The summed E-state index contributed by atoms with van der Waals surface area (Å²) < 4.78 is 42.9. The Kier molecular flexibility index (Phi) is 10.8. The van der Waals surface area contributed by atoms with Crippen molar-refractivity contribution >= 4 is 27.8 Å².